The van der Waals surface area contributed by atoms with E-state index in [1.807, 2.05) is 0 Å². The van der Waals surface area contributed by atoms with Gasteiger partial charge in [0.25, 0.3) is 17.5 Å². The number of hydrogen-bond donors (Lipinski definition) is 1. The third-order valence-corrected chi connectivity index (χ3v) is 5.50. The fourth-order valence-corrected chi connectivity index (χ4v) is 3.58. The number of nitro groups is 1. The number of fused-ring (bicyclic) bond motifs is 1. The van der Waals surface area contributed by atoms with Gasteiger partial charge in [-0.05, 0) is 25.1 Å². The third kappa shape index (κ3) is 3.94. The molecule has 0 aromatic heterocycles. The molecule has 2 aromatic carbocycles. The standard InChI is InChI=1S/C18H16FN3O7S/c1-3-21-15-8-13(12(19)7-16(15)29-9-17(21)23)20-18(24)11-5-4-10(30(2,27)28)6-14(11)22(25)26/h4-8H,3,9H2,1-2H3,(H,20,24). The van der Waals surface area contributed by atoms with Crippen molar-refractivity contribution in [3.05, 3.63) is 51.8 Å². The van der Waals surface area contributed by atoms with Crippen LogP contribution in [-0.2, 0) is 14.6 Å². The number of rotatable bonds is 5. The molecule has 0 radical (unpaired) electrons. The number of ether oxygens (including phenoxy) is 1. The first-order valence-electron chi connectivity index (χ1n) is 8.59. The van der Waals surface area contributed by atoms with Crippen LogP contribution in [0, 0.1) is 15.9 Å². The Kier molecular flexibility index (Phi) is 5.44. The van der Waals surface area contributed by atoms with Crippen molar-refractivity contribution in [1.29, 1.82) is 0 Å². The van der Waals surface area contributed by atoms with E-state index in [-0.39, 0.29) is 41.1 Å². The lowest BCUT2D eigenvalue weighted by atomic mass is 10.1. The summed E-state index contributed by atoms with van der Waals surface area (Å²) in [6, 6.07) is 4.98. The van der Waals surface area contributed by atoms with E-state index < -0.39 is 37.7 Å². The minimum Gasteiger partial charge on any atom is -0.481 e. The van der Waals surface area contributed by atoms with Gasteiger partial charge in [0.1, 0.15) is 11.3 Å². The summed E-state index contributed by atoms with van der Waals surface area (Å²) in [4.78, 5) is 36.0. The molecule has 3 rings (SSSR count). The van der Waals surface area contributed by atoms with Gasteiger partial charge in [0.2, 0.25) is 0 Å². The van der Waals surface area contributed by atoms with Crippen molar-refractivity contribution in [2.75, 3.05) is 29.6 Å². The highest BCUT2D eigenvalue weighted by Gasteiger charge is 2.28. The number of benzene rings is 2. The van der Waals surface area contributed by atoms with Gasteiger partial charge in [-0.1, -0.05) is 0 Å². The quantitative estimate of drug-likeness (QED) is 0.559. The maximum atomic E-state index is 14.4. The molecule has 30 heavy (non-hydrogen) atoms. The van der Waals surface area contributed by atoms with Crippen LogP contribution in [0.2, 0.25) is 0 Å². The van der Waals surface area contributed by atoms with E-state index in [1.165, 1.54) is 11.0 Å². The first-order valence-corrected chi connectivity index (χ1v) is 10.5. The van der Waals surface area contributed by atoms with Crippen molar-refractivity contribution >= 4 is 38.7 Å². The van der Waals surface area contributed by atoms with Crippen LogP contribution in [-0.4, -0.2) is 44.6 Å². The van der Waals surface area contributed by atoms with Gasteiger partial charge in [0, 0.05) is 24.9 Å². The number of nitrogens with one attached hydrogen (secondary N) is 1. The van der Waals surface area contributed by atoms with E-state index in [2.05, 4.69) is 5.32 Å². The van der Waals surface area contributed by atoms with E-state index in [4.69, 9.17) is 4.74 Å². The van der Waals surface area contributed by atoms with Gasteiger partial charge in [0.15, 0.2) is 22.3 Å². The molecule has 1 aliphatic heterocycles. The van der Waals surface area contributed by atoms with Crippen LogP contribution in [0.4, 0.5) is 21.5 Å². The molecule has 2 aromatic rings. The summed E-state index contributed by atoms with van der Waals surface area (Å²) in [6.07, 6.45) is 0.872. The fraction of sp³-hybridized carbons (Fsp3) is 0.222. The summed E-state index contributed by atoms with van der Waals surface area (Å²) in [6.45, 7) is 1.75. The molecular weight excluding hydrogens is 421 g/mol. The monoisotopic (exact) mass is 437 g/mol. The second kappa shape index (κ2) is 7.71. The van der Waals surface area contributed by atoms with E-state index in [0.29, 0.717) is 0 Å². The molecule has 0 aliphatic carbocycles. The van der Waals surface area contributed by atoms with Crippen molar-refractivity contribution in [3.8, 4) is 5.75 Å². The molecule has 12 heteroatoms. The lowest BCUT2D eigenvalue weighted by Crippen LogP contribution is -2.38. The number of halogens is 1. The molecule has 1 aliphatic rings. The lowest BCUT2D eigenvalue weighted by Gasteiger charge is -2.29. The minimum absolute atomic E-state index is 0.121. The van der Waals surface area contributed by atoms with Crippen LogP contribution >= 0.6 is 0 Å². The predicted molar refractivity (Wildman–Crippen MR) is 104 cm³/mol. The average Bonchev–Trinajstić information content (AvgIpc) is 2.67. The number of anilines is 2. The van der Waals surface area contributed by atoms with Gasteiger partial charge in [-0.3, -0.25) is 19.7 Å². The Balaban J connectivity index is 2.00. The Morgan fingerprint density at radius 1 is 1.33 bits per heavy atom. The van der Waals surface area contributed by atoms with Crippen molar-refractivity contribution in [3.63, 3.8) is 0 Å². The van der Waals surface area contributed by atoms with Gasteiger partial charge in [-0.2, -0.15) is 0 Å². The van der Waals surface area contributed by atoms with Crippen molar-refractivity contribution in [2.24, 2.45) is 0 Å². The number of carbonyl (C=O) groups is 2. The molecule has 1 N–H and O–H groups in total. The van der Waals surface area contributed by atoms with Gasteiger partial charge in [-0.25, -0.2) is 12.8 Å². The molecule has 0 fully saturated rings. The summed E-state index contributed by atoms with van der Waals surface area (Å²) in [5.41, 5.74) is -1.28. The van der Waals surface area contributed by atoms with E-state index in [9.17, 15) is 32.5 Å². The second-order valence-electron chi connectivity index (χ2n) is 6.39. The molecular formula is C18H16FN3O7S. The SMILES string of the molecule is CCN1C(=O)COc2cc(F)c(NC(=O)c3ccc(S(C)(=O)=O)cc3[N+](=O)[O-])cc21. The van der Waals surface area contributed by atoms with Crippen LogP contribution in [0.25, 0.3) is 0 Å². The summed E-state index contributed by atoms with van der Waals surface area (Å²) >= 11 is 0. The summed E-state index contributed by atoms with van der Waals surface area (Å²) in [5, 5.41) is 13.6. The van der Waals surface area contributed by atoms with Gasteiger partial charge in [0.05, 0.1) is 21.2 Å². The Morgan fingerprint density at radius 3 is 2.63 bits per heavy atom. The number of carbonyl (C=O) groups excluding carboxylic acids is 2. The maximum Gasteiger partial charge on any atom is 0.283 e. The minimum atomic E-state index is -3.74. The number of nitrogens with zero attached hydrogens (tertiary/aromatic N) is 2. The van der Waals surface area contributed by atoms with E-state index in [1.54, 1.807) is 6.92 Å². The van der Waals surface area contributed by atoms with Crippen LogP contribution in [0.15, 0.2) is 35.2 Å². The Morgan fingerprint density at radius 2 is 2.03 bits per heavy atom. The average molecular weight is 437 g/mol. The predicted octanol–water partition coefficient (Wildman–Crippen LogP) is 2.13. The molecule has 0 saturated carbocycles. The molecule has 2 amide bonds. The number of likely N-dealkylation sites (N-methyl/N-ethyl adjacent to an activating group) is 1. The summed E-state index contributed by atoms with van der Waals surface area (Å²) in [5.74, 6) is -2.12. The molecule has 0 spiro atoms. The summed E-state index contributed by atoms with van der Waals surface area (Å²) < 4.78 is 42.9. The molecule has 0 unspecified atom stereocenters. The molecule has 1 heterocycles. The highest BCUT2D eigenvalue weighted by molar-refractivity contribution is 7.90. The zero-order valence-electron chi connectivity index (χ0n) is 15.8. The fourth-order valence-electron chi connectivity index (χ4n) is 2.94. The molecule has 0 bridgehead atoms. The van der Waals surface area contributed by atoms with Crippen LogP contribution < -0.4 is 15.0 Å². The van der Waals surface area contributed by atoms with Crippen molar-refractivity contribution in [1.82, 2.24) is 0 Å². The smallest absolute Gasteiger partial charge is 0.283 e. The molecule has 0 saturated heterocycles. The van der Waals surface area contributed by atoms with Crippen LogP contribution in [0.5, 0.6) is 5.75 Å². The molecule has 10 nitrogen and oxygen atoms in total. The maximum absolute atomic E-state index is 14.4. The molecule has 0 atom stereocenters. The number of amides is 2. The van der Waals surface area contributed by atoms with Gasteiger partial charge < -0.3 is 15.0 Å². The van der Waals surface area contributed by atoms with Crippen LogP contribution in [0.1, 0.15) is 17.3 Å². The zero-order chi connectivity index (χ0) is 22.2. The molecule has 158 valence electrons. The number of nitro benzene ring substituents is 1. The first-order chi connectivity index (χ1) is 14.0. The normalized spacial score (nSPS) is 13.4. The van der Waals surface area contributed by atoms with Gasteiger partial charge in [-0.15, -0.1) is 0 Å². The Bertz CT molecular complexity index is 1180. The number of hydrogen-bond acceptors (Lipinski definition) is 7. The topological polar surface area (TPSA) is 136 Å². The second-order valence-corrected chi connectivity index (χ2v) is 8.40. The highest BCUT2D eigenvalue weighted by Crippen LogP contribution is 2.36. The van der Waals surface area contributed by atoms with Crippen LogP contribution in [0.3, 0.4) is 0 Å². The lowest BCUT2D eigenvalue weighted by molar-refractivity contribution is -0.385. The first kappa shape index (κ1) is 21.2. The Hall–Kier alpha value is -3.54. The van der Waals surface area contributed by atoms with E-state index >= 15 is 0 Å². The number of sulfone groups is 1. The highest BCUT2D eigenvalue weighted by atomic mass is 32.2. The van der Waals surface area contributed by atoms with E-state index in [0.717, 1.165) is 30.5 Å². The van der Waals surface area contributed by atoms with Crippen molar-refractivity contribution in [2.45, 2.75) is 11.8 Å². The Labute approximate surface area is 170 Å². The van der Waals surface area contributed by atoms with Gasteiger partial charge >= 0.3 is 0 Å². The summed E-state index contributed by atoms with van der Waals surface area (Å²) in [7, 11) is -3.74. The zero-order valence-corrected chi connectivity index (χ0v) is 16.7. The third-order valence-electron chi connectivity index (χ3n) is 4.39. The van der Waals surface area contributed by atoms with Crippen molar-refractivity contribution < 1.29 is 32.1 Å². The largest absolute Gasteiger partial charge is 0.481 e.